The lowest BCUT2D eigenvalue weighted by atomic mass is 10.2. The highest BCUT2D eigenvalue weighted by Gasteiger charge is 2.24. The number of hydrogen-bond donors (Lipinski definition) is 1. The van der Waals surface area contributed by atoms with E-state index in [4.69, 9.17) is 22.1 Å². The van der Waals surface area contributed by atoms with Crippen LogP contribution in [0.5, 0.6) is 0 Å². The van der Waals surface area contributed by atoms with Gasteiger partial charge in [0, 0.05) is 17.3 Å². The van der Waals surface area contributed by atoms with Gasteiger partial charge in [0.25, 0.3) is 0 Å². The number of carbonyl (C=O) groups excluding carboxylic acids is 1. The quantitative estimate of drug-likeness (QED) is 0.840. The molecule has 86 valence electrons. The number of anilines is 1. The highest BCUT2D eigenvalue weighted by atomic mass is 35.5. The van der Waals surface area contributed by atoms with Crippen LogP contribution < -0.4 is 10.6 Å². The van der Waals surface area contributed by atoms with E-state index in [1.807, 2.05) is 24.3 Å². The molecule has 5 heteroatoms. The number of carbonyl (C=O) groups is 1. The molecule has 1 unspecified atom stereocenters. The number of nitrogens with two attached hydrogens (primary N) is 1. The third-order valence-electron chi connectivity index (χ3n) is 2.58. The van der Waals surface area contributed by atoms with Crippen LogP contribution in [0.15, 0.2) is 24.3 Å². The number of hydrogen-bond acceptors (Lipinski definition) is 3. The maximum Gasteiger partial charge on any atom is 0.248 e. The highest BCUT2D eigenvalue weighted by Crippen LogP contribution is 2.20. The second-order valence-electron chi connectivity index (χ2n) is 3.68. The molecule has 1 atom stereocenters. The first kappa shape index (κ1) is 11.2. The van der Waals surface area contributed by atoms with Crippen molar-refractivity contribution < 1.29 is 9.53 Å². The van der Waals surface area contributed by atoms with Crippen molar-refractivity contribution in [2.45, 2.75) is 6.10 Å². The second-order valence-corrected chi connectivity index (χ2v) is 4.12. The fraction of sp³-hybridized carbons (Fsp3) is 0.364. The number of amides is 1. The van der Waals surface area contributed by atoms with Gasteiger partial charge in [0.05, 0.1) is 13.2 Å². The topological polar surface area (TPSA) is 55.6 Å². The summed E-state index contributed by atoms with van der Waals surface area (Å²) >= 11 is 5.81. The zero-order valence-electron chi connectivity index (χ0n) is 8.73. The molecule has 1 fully saturated rings. The Morgan fingerprint density at radius 2 is 2.12 bits per heavy atom. The fourth-order valence-corrected chi connectivity index (χ4v) is 1.83. The summed E-state index contributed by atoms with van der Waals surface area (Å²) < 4.78 is 5.27. The molecule has 1 saturated heterocycles. The Balaban J connectivity index is 2.09. The van der Waals surface area contributed by atoms with Crippen LogP contribution in [0, 0.1) is 0 Å². The number of benzene rings is 1. The number of nitrogens with zero attached hydrogens (tertiary/aromatic N) is 1. The van der Waals surface area contributed by atoms with E-state index in [9.17, 15) is 4.79 Å². The minimum Gasteiger partial charge on any atom is -0.367 e. The maximum atomic E-state index is 11.0. The number of morpholine rings is 1. The maximum absolute atomic E-state index is 11.0. The van der Waals surface area contributed by atoms with Crippen LogP contribution in [0.2, 0.25) is 5.02 Å². The minimum atomic E-state index is -0.524. The molecule has 0 spiro atoms. The van der Waals surface area contributed by atoms with Gasteiger partial charge in [0.15, 0.2) is 6.10 Å². The van der Waals surface area contributed by atoms with Crippen molar-refractivity contribution >= 4 is 23.2 Å². The van der Waals surface area contributed by atoms with Crippen LogP contribution in [-0.4, -0.2) is 31.7 Å². The largest absolute Gasteiger partial charge is 0.367 e. The average Bonchev–Trinajstić information content (AvgIpc) is 2.30. The Kier molecular flexibility index (Phi) is 3.31. The Labute approximate surface area is 98.9 Å². The summed E-state index contributed by atoms with van der Waals surface area (Å²) in [5.74, 6) is -0.418. The van der Waals surface area contributed by atoms with Crippen molar-refractivity contribution in [2.24, 2.45) is 5.73 Å². The molecule has 4 nitrogen and oxygen atoms in total. The molecule has 1 aliphatic rings. The van der Waals surface area contributed by atoms with Gasteiger partial charge >= 0.3 is 0 Å². The summed E-state index contributed by atoms with van der Waals surface area (Å²) in [6.45, 7) is 1.76. The molecule has 1 amide bonds. The molecule has 1 aromatic carbocycles. The van der Waals surface area contributed by atoms with E-state index in [0.717, 1.165) is 12.2 Å². The van der Waals surface area contributed by atoms with Crippen LogP contribution in [0.25, 0.3) is 0 Å². The predicted octanol–water partition coefficient (Wildman–Crippen LogP) is 1.03. The first-order valence-corrected chi connectivity index (χ1v) is 5.46. The van der Waals surface area contributed by atoms with E-state index in [1.165, 1.54) is 0 Å². The van der Waals surface area contributed by atoms with Crippen molar-refractivity contribution in [1.82, 2.24) is 0 Å². The molecule has 0 aromatic heterocycles. The molecule has 0 saturated carbocycles. The van der Waals surface area contributed by atoms with Crippen LogP contribution in [0.1, 0.15) is 0 Å². The SMILES string of the molecule is NC(=O)C1CN(c2ccc(Cl)cc2)CCO1. The third kappa shape index (κ3) is 2.46. The monoisotopic (exact) mass is 240 g/mol. The molecule has 0 radical (unpaired) electrons. The first-order valence-electron chi connectivity index (χ1n) is 5.08. The Hall–Kier alpha value is -1.26. The number of primary amides is 1. The smallest absolute Gasteiger partial charge is 0.248 e. The summed E-state index contributed by atoms with van der Waals surface area (Å²) in [5, 5.41) is 0.698. The normalized spacial score (nSPS) is 20.8. The highest BCUT2D eigenvalue weighted by molar-refractivity contribution is 6.30. The lowest BCUT2D eigenvalue weighted by molar-refractivity contribution is -0.130. The van der Waals surface area contributed by atoms with Crippen LogP contribution in [-0.2, 0) is 9.53 Å². The average molecular weight is 241 g/mol. The van der Waals surface area contributed by atoms with Gasteiger partial charge in [-0.15, -0.1) is 0 Å². The molecule has 1 aromatic rings. The number of halogens is 1. The van der Waals surface area contributed by atoms with Crippen molar-refractivity contribution in [2.75, 3.05) is 24.6 Å². The summed E-state index contributed by atoms with van der Waals surface area (Å²) in [5.41, 5.74) is 6.25. The molecule has 1 aliphatic heterocycles. The van der Waals surface area contributed by atoms with Crippen molar-refractivity contribution in [1.29, 1.82) is 0 Å². The van der Waals surface area contributed by atoms with Crippen LogP contribution >= 0.6 is 11.6 Å². The van der Waals surface area contributed by atoms with Crippen molar-refractivity contribution in [3.05, 3.63) is 29.3 Å². The molecular formula is C11H13ClN2O2. The van der Waals surface area contributed by atoms with Crippen molar-refractivity contribution in [3.63, 3.8) is 0 Å². The zero-order chi connectivity index (χ0) is 11.5. The summed E-state index contributed by atoms with van der Waals surface area (Å²) in [7, 11) is 0. The van der Waals surface area contributed by atoms with Gasteiger partial charge in [-0.2, -0.15) is 0 Å². The van der Waals surface area contributed by atoms with E-state index < -0.39 is 12.0 Å². The predicted molar refractivity (Wildman–Crippen MR) is 62.6 cm³/mol. The third-order valence-corrected chi connectivity index (χ3v) is 2.83. The van der Waals surface area contributed by atoms with Crippen molar-refractivity contribution in [3.8, 4) is 0 Å². The molecule has 0 aliphatic carbocycles. The molecule has 0 bridgehead atoms. The summed E-state index contributed by atoms with van der Waals surface area (Å²) in [6.07, 6.45) is -0.524. The van der Waals surface area contributed by atoms with Crippen LogP contribution in [0.4, 0.5) is 5.69 Å². The molecular weight excluding hydrogens is 228 g/mol. The van der Waals surface area contributed by atoms with Crippen LogP contribution in [0.3, 0.4) is 0 Å². The number of ether oxygens (including phenoxy) is 1. The Morgan fingerprint density at radius 3 is 2.75 bits per heavy atom. The first-order chi connectivity index (χ1) is 7.66. The van der Waals surface area contributed by atoms with E-state index >= 15 is 0 Å². The lowest BCUT2D eigenvalue weighted by Gasteiger charge is -2.33. The van der Waals surface area contributed by atoms with Gasteiger partial charge in [-0.25, -0.2) is 0 Å². The second kappa shape index (κ2) is 4.72. The van der Waals surface area contributed by atoms with E-state index in [2.05, 4.69) is 4.90 Å². The van der Waals surface area contributed by atoms with Gasteiger partial charge in [0.1, 0.15) is 0 Å². The number of rotatable bonds is 2. The zero-order valence-corrected chi connectivity index (χ0v) is 9.48. The Morgan fingerprint density at radius 1 is 1.44 bits per heavy atom. The standard InChI is InChI=1S/C11H13ClN2O2/c12-8-1-3-9(4-2-8)14-5-6-16-10(7-14)11(13)15/h1-4,10H,5-7H2,(H2,13,15). The van der Waals surface area contributed by atoms with E-state index in [-0.39, 0.29) is 0 Å². The lowest BCUT2D eigenvalue weighted by Crippen LogP contribution is -2.48. The van der Waals surface area contributed by atoms with Gasteiger partial charge < -0.3 is 15.4 Å². The van der Waals surface area contributed by atoms with E-state index in [0.29, 0.717) is 18.2 Å². The van der Waals surface area contributed by atoms with Gasteiger partial charge in [-0.1, -0.05) is 11.6 Å². The van der Waals surface area contributed by atoms with E-state index in [1.54, 1.807) is 0 Å². The fourth-order valence-electron chi connectivity index (χ4n) is 1.71. The molecule has 16 heavy (non-hydrogen) atoms. The molecule has 1 heterocycles. The summed E-state index contributed by atoms with van der Waals surface area (Å²) in [4.78, 5) is 13.1. The molecule has 2 N–H and O–H groups in total. The minimum absolute atomic E-state index is 0.418. The van der Waals surface area contributed by atoms with Gasteiger partial charge in [0.2, 0.25) is 5.91 Å². The van der Waals surface area contributed by atoms with Gasteiger partial charge in [-0.3, -0.25) is 4.79 Å². The van der Waals surface area contributed by atoms with Gasteiger partial charge in [-0.05, 0) is 24.3 Å². The molecule has 2 rings (SSSR count). The summed E-state index contributed by atoms with van der Waals surface area (Å²) in [6, 6.07) is 7.49. The Bertz CT molecular complexity index is 380.